The largest absolute Gasteiger partial charge is 0.369 e. The molecule has 0 radical (unpaired) electrons. The second kappa shape index (κ2) is 8.10. The van der Waals surface area contributed by atoms with E-state index >= 15 is 0 Å². The summed E-state index contributed by atoms with van der Waals surface area (Å²) < 4.78 is 2.07. The van der Waals surface area contributed by atoms with Gasteiger partial charge < -0.3 is 15.6 Å². The maximum absolute atomic E-state index is 12.4. The number of amides is 2. The predicted octanol–water partition coefficient (Wildman–Crippen LogP) is 0.353. The van der Waals surface area contributed by atoms with Gasteiger partial charge in [0, 0.05) is 19.3 Å². The molecular formula is C16H27N5O2. The van der Waals surface area contributed by atoms with Crippen LogP contribution in [0.2, 0.25) is 0 Å². The minimum atomic E-state index is -0.344. The van der Waals surface area contributed by atoms with Crippen LogP contribution in [0.4, 0.5) is 0 Å². The number of nitrogens with one attached hydrogen (secondary N) is 1. The molecule has 0 spiro atoms. The molecule has 1 aromatic rings. The third kappa shape index (κ3) is 5.35. The van der Waals surface area contributed by atoms with E-state index in [4.69, 9.17) is 5.73 Å². The first kappa shape index (κ1) is 17.5. The molecule has 1 aromatic heterocycles. The Kier molecular flexibility index (Phi) is 6.15. The van der Waals surface area contributed by atoms with Gasteiger partial charge in [0.2, 0.25) is 11.8 Å². The van der Waals surface area contributed by atoms with E-state index in [0.717, 1.165) is 31.6 Å². The van der Waals surface area contributed by atoms with Gasteiger partial charge in [0.1, 0.15) is 0 Å². The van der Waals surface area contributed by atoms with Gasteiger partial charge in [-0.15, -0.1) is 0 Å². The number of nitrogens with two attached hydrogens (primary N) is 1. The van der Waals surface area contributed by atoms with Crippen LogP contribution in [-0.4, -0.2) is 45.9 Å². The highest BCUT2D eigenvalue weighted by Crippen LogP contribution is 2.16. The highest BCUT2D eigenvalue weighted by molar-refractivity contribution is 5.79. The van der Waals surface area contributed by atoms with E-state index in [1.807, 2.05) is 4.90 Å². The fourth-order valence-corrected chi connectivity index (χ4v) is 3.01. The zero-order valence-corrected chi connectivity index (χ0v) is 14.0. The summed E-state index contributed by atoms with van der Waals surface area (Å²) in [6.07, 6.45) is 5.36. The average Bonchev–Trinajstić information content (AvgIpc) is 2.90. The minimum Gasteiger partial charge on any atom is -0.369 e. The van der Waals surface area contributed by atoms with Crippen molar-refractivity contribution in [2.45, 2.75) is 39.8 Å². The van der Waals surface area contributed by atoms with Crippen LogP contribution in [0.3, 0.4) is 0 Å². The normalized spacial score (nSPS) is 19.0. The number of carbonyl (C=O) groups is 2. The van der Waals surface area contributed by atoms with Crippen molar-refractivity contribution in [3.63, 3.8) is 0 Å². The fraction of sp³-hybridized carbons (Fsp3) is 0.688. The van der Waals surface area contributed by atoms with Crippen molar-refractivity contribution in [2.24, 2.45) is 17.6 Å². The van der Waals surface area contributed by atoms with Gasteiger partial charge in [-0.2, -0.15) is 0 Å². The number of imidazole rings is 1. The second-order valence-electron chi connectivity index (χ2n) is 6.69. The Morgan fingerprint density at radius 2 is 2.26 bits per heavy atom. The number of aromatic nitrogens is 2. The van der Waals surface area contributed by atoms with Gasteiger partial charge in [-0.25, -0.2) is 4.98 Å². The number of hydrogen-bond donors (Lipinski definition) is 2. The summed E-state index contributed by atoms with van der Waals surface area (Å²) in [5.41, 5.74) is 6.24. The predicted molar refractivity (Wildman–Crippen MR) is 87.3 cm³/mol. The molecule has 7 heteroatoms. The van der Waals surface area contributed by atoms with Crippen LogP contribution in [0.15, 0.2) is 12.5 Å². The Morgan fingerprint density at radius 1 is 1.48 bits per heavy atom. The molecule has 1 saturated heterocycles. The lowest BCUT2D eigenvalue weighted by molar-refractivity contribution is -0.128. The monoisotopic (exact) mass is 321 g/mol. The summed E-state index contributed by atoms with van der Waals surface area (Å²) in [5, 5.41) is 3.00. The molecule has 0 aliphatic carbocycles. The van der Waals surface area contributed by atoms with Crippen LogP contribution in [0, 0.1) is 11.8 Å². The molecule has 3 N–H and O–H groups in total. The molecule has 128 valence electrons. The molecule has 7 nitrogen and oxygen atoms in total. The Morgan fingerprint density at radius 3 is 2.96 bits per heavy atom. The van der Waals surface area contributed by atoms with Gasteiger partial charge in [-0.1, -0.05) is 13.8 Å². The molecule has 1 atom stereocenters. The Bertz CT molecular complexity index is 540. The van der Waals surface area contributed by atoms with E-state index in [2.05, 4.69) is 28.7 Å². The smallest absolute Gasteiger partial charge is 0.231 e. The van der Waals surface area contributed by atoms with Crippen molar-refractivity contribution in [1.82, 2.24) is 19.8 Å². The van der Waals surface area contributed by atoms with Crippen LogP contribution < -0.4 is 11.1 Å². The van der Waals surface area contributed by atoms with Crippen molar-refractivity contribution in [3.8, 4) is 0 Å². The topological polar surface area (TPSA) is 93.2 Å². The fourth-order valence-electron chi connectivity index (χ4n) is 3.01. The van der Waals surface area contributed by atoms with E-state index in [1.54, 1.807) is 12.5 Å². The molecule has 1 aliphatic heterocycles. The van der Waals surface area contributed by atoms with Crippen LogP contribution >= 0.6 is 0 Å². The third-order valence-electron chi connectivity index (χ3n) is 4.06. The molecular weight excluding hydrogens is 294 g/mol. The number of nitrogens with zero attached hydrogens (tertiary/aromatic N) is 3. The lowest BCUT2D eigenvalue weighted by Crippen LogP contribution is -2.45. The van der Waals surface area contributed by atoms with Crippen LogP contribution in [-0.2, 0) is 22.7 Å². The minimum absolute atomic E-state index is 0.0384. The zero-order chi connectivity index (χ0) is 16.8. The first-order valence-corrected chi connectivity index (χ1v) is 8.23. The number of primary amides is 1. The van der Waals surface area contributed by atoms with Gasteiger partial charge in [-0.05, 0) is 25.3 Å². The van der Waals surface area contributed by atoms with Gasteiger partial charge in [0.25, 0.3) is 0 Å². The summed E-state index contributed by atoms with van der Waals surface area (Å²) in [4.78, 5) is 29.5. The molecule has 0 saturated carbocycles. The molecule has 2 heterocycles. The lowest BCUT2D eigenvalue weighted by atomic mass is 9.97. The second-order valence-corrected chi connectivity index (χ2v) is 6.69. The maximum Gasteiger partial charge on any atom is 0.231 e. The first-order chi connectivity index (χ1) is 11.0. The third-order valence-corrected chi connectivity index (χ3v) is 4.06. The van der Waals surface area contributed by atoms with Crippen LogP contribution in [0.25, 0.3) is 0 Å². The molecule has 23 heavy (non-hydrogen) atoms. The molecule has 1 aliphatic rings. The van der Waals surface area contributed by atoms with Gasteiger partial charge >= 0.3 is 0 Å². The first-order valence-electron chi connectivity index (χ1n) is 8.23. The van der Waals surface area contributed by atoms with E-state index < -0.39 is 0 Å². The number of likely N-dealkylation sites (tertiary alicyclic amines) is 1. The Balaban J connectivity index is 1.85. The Hall–Kier alpha value is -1.89. The lowest BCUT2D eigenvalue weighted by Gasteiger charge is -2.31. The summed E-state index contributed by atoms with van der Waals surface area (Å²) >= 11 is 0. The van der Waals surface area contributed by atoms with Crippen LogP contribution in [0.1, 0.15) is 32.4 Å². The molecule has 0 aromatic carbocycles. The maximum atomic E-state index is 12.4. The van der Waals surface area contributed by atoms with Crippen LogP contribution in [0.5, 0.6) is 0 Å². The van der Waals surface area contributed by atoms with Gasteiger partial charge in [-0.3, -0.25) is 14.5 Å². The number of rotatable bonds is 7. The van der Waals surface area contributed by atoms with Crippen molar-refractivity contribution in [3.05, 3.63) is 18.2 Å². The summed E-state index contributed by atoms with van der Waals surface area (Å²) in [7, 11) is 0. The zero-order valence-electron chi connectivity index (χ0n) is 14.0. The highest BCUT2D eigenvalue weighted by Gasteiger charge is 2.26. The Labute approximate surface area is 137 Å². The standard InChI is InChI=1S/C16H27N5O2/c1-12(2)8-21-11-18-6-14(21)7-19-16(23)13-4-3-5-20(9-13)10-15(17)22/h6,11-13H,3-5,7-10H2,1-2H3,(H2,17,22)(H,19,23)/t13-/m1/s1. The van der Waals surface area contributed by atoms with Crippen molar-refractivity contribution >= 4 is 11.8 Å². The van der Waals surface area contributed by atoms with E-state index in [1.165, 1.54) is 0 Å². The van der Waals surface area contributed by atoms with E-state index in [9.17, 15) is 9.59 Å². The molecule has 2 rings (SSSR count). The van der Waals surface area contributed by atoms with Crippen molar-refractivity contribution in [1.29, 1.82) is 0 Å². The van der Waals surface area contributed by atoms with E-state index in [-0.39, 0.29) is 24.3 Å². The van der Waals surface area contributed by atoms with Crippen molar-refractivity contribution in [2.75, 3.05) is 19.6 Å². The quantitative estimate of drug-likeness (QED) is 0.758. The molecule has 0 bridgehead atoms. The molecule has 1 fully saturated rings. The van der Waals surface area contributed by atoms with Gasteiger partial charge in [0.15, 0.2) is 0 Å². The number of hydrogen-bond acceptors (Lipinski definition) is 4. The van der Waals surface area contributed by atoms with E-state index in [0.29, 0.717) is 19.0 Å². The van der Waals surface area contributed by atoms with Gasteiger partial charge in [0.05, 0.1) is 31.0 Å². The average molecular weight is 321 g/mol. The number of piperidine rings is 1. The molecule has 2 amide bonds. The molecule has 0 unspecified atom stereocenters. The summed E-state index contributed by atoms with van der Waals surface area (Å²) in [5.74, 6) is 0.143. The van der Waals surface area contributed by atoms with Crippen molar-refractivity contribution < 1.29 is 9.59 Å². The summed E-state index contributed by atoms with van der Waals surface area (Å²) in [6, 6.07) is 0. The SMILES string of the molecule is CC(C)Cn1cncc1CNC(=O)[C@@H]1CCCN(CC(N)=O)C1. The highest BCUT2D eigenvalue weighted by atomic mass is 16.2. The summed E-state index contributed by atoms with van der Waals surface area (Å²) in [6.45, 7) is 7.33. The number of carbonyl (C=O) groups excluding carboxylic acids is 2.